The fraction of sp³-hybridized carbons (Fsp3) is 0.130. The van der Waals surface area contributed by atoms with Gasteiger partial charge in [-0.25, -0.2) is 9.37 Å². The standard InChI is InChI=1S/C23H20FN3O/c1-15(2)22-26-20-9-5-6-10-21(20)27(22)17-13-11-16(12-14-17)25-23(28)18-7-3-4-8-19(18)24/h3-15H,1-2H3,(H,25,28). The Morgan fingerprint density at radius 1 is 0.964 bits per heavy atom. The molecule has 0 aliphatic carbocycles. The summed E-state index contributed by atoms with van der Waals surface area (Å²) in [4.78, 5) is 17.1. The summed E-state index contributed by atoms with van der Waals surface area (Å²) in [5.41, 5.74) is 3.57. The summed E-state index contributed by atoms with van der Waals surface area (Å²) in [5.74, 6) is 0.224. The fourth-order valence-electron chi connectivity index (χ4n) is 3.24. The van der Waals surface area contributed by atoms with Crippen molar-refractivity contribution in [2.75, 3.05) is 5.32 Å². The van der Waals surface area contributed by atoms with E-state index in [1.54, 1.807) is 12.1 Å². The molecule has 3 aromatic carbocycles. The maximum Gasteiger partial charge on any atom is 0.258 e. The molecule has 0 radical (unpaired) electrons. The summed E-state index contributed by atoms with van der Waals surface area (Å²) < 4.78 is 15.9. The van der Waals surface area contributed by atoms with E-state index in [1.807, 2.05) is 48.5 Å². The van der Waals surface area contributed by atoms with Crippen LogP contribution in [0.3, 0.4) is 0 Å². The van der Waals surface area contributed by atoms with Crippen molar-refractivity contribution in [1.29, 1.82) is 0 Å². The molecule has 0 fully saturated rings. The first-order valence-electron chi connectivity index (χ1n) is 9.18. The number of amides is 1. The zero-order valence-electron chi connectivity index (χ0n) is 15.7. The molecular weight excluding hydrogens is 353 g/mol. The summed E-state index contributed by atoms with van der Waals surface area (Å²) in [6, 6.07) is 21.4. The first-order valence-corrected chi connectivity index (χ1v) is 9.18. The minimum Gasteiger partial charge on any atom is -0.322 e. The van der Waals surface area contributed by atoms with Crippen molar-refractivity contribution >= 4 is 22.6 Å². The van der Waals surface area contributed by atoms with Crippen LogP contribution in [0, 0.1) is 5.82 Å². The minimum atomic E-state index is -0.539. The molecule has 5 heteroatoms. The van der Waals surface area contributed by atoms with E-state index in [2.05, 4.69) is 23.7 Å². The largest absolute Gasteiger partial charge is 0.322 e. The number of carbonyl (C=O) groups is 1. The molecule has 0 atom stereocenters. The zero-order chi connectivity index (χ0) is 19.7. The third kappa shape index (κ3) is 3.27. The van der Waals surface area contributed by atoms with Gasteiger partial charge in [-0.05, 0) is 48.5 Å². The number of aromatic nitrogens is 2. The van der Waals surface area contributed by atoms with Crippen LogP contribution in [0.1, 0.15) is 35.9 Å². The number of hydrogen-bond acceptors (Lipinski definition) is 2. The third-order valence-electron chi connectivity index (χ3n) is 4.60. The predicted octanol–water partition coefficient (Wildman–Crippen LogP) is 5.54. The van der Waals surface area contributed by atoms with Crippen molar-refractivity contribution in [2.24, 2.45) is 0 Å². The van der Waals surface area contributed by atoms with Crippen molar-refractivity contribution in [2.45, 2.75) is 19.8 Å². The highest BCUT2D eigenvalue weighted by molar-refractivity contribution is 6.04. The van der Waals surface area contributed by atoms with Gasteiger partial charge in [-0.15, -0.1) is 0 Å². The molecule has 1 heterocycles. The van der Waals surface area contributed by atoms with Crippen LogP contribution < -0.4 is 5.32 Å². The molecule has 4 aromatic rings. The molecule has 0 bridgehead atoms. The Balaban J connectivity index is 1.66. The van der Waals surface area contributed by atoms with Crippen LogP contribution in [-0.2, 0) is 0 Å². The predicted molar refractivity (Wildman–Crippen MR) is 110 cm³/mol. The van der Waals surface area contributed by atoms with E-state index in [0.717, 1.165) is 22.5 Å². The van der Waals surface area contributed by atoms with Crippen molar-refractivity contribution in [3.63, 3.8) is 0 Å². The van der Waals surface area contributed by atoms with Gasteiger partial charge in [-0.3, -0.25) is 9.36 Å². The number of carbonyl (C=O) groups excluding carboxylic acids is 1. The molecular formula is C23H20FN3O. The van der Waals surface area contributed by atoms with Gasteiger partial charge in [0.15, 0.2) is 0 Å². The van der Waals surface area contributed by atoms with E-state index in [-0.39, 0.29) is 11.5 Å². The highest BCUT2D eigenvalue weighted by atomic mass is 19.1. The molecule has 1 aromatic heterocycles. The average Bonchev–Trinajstić information content (AvgIpc) is 3.09. The fourth-order valence-corrected chi connectivity index (χ4v) is 3.24. The lowest BCUT2D eigenvalue weighted by Crippen LogP contribution is -2.13. The van der Waals surface area contributed by atoms with E-state index in [9.17, 15) is 9.18 Å². The number of fused-ring (bicyclic) bond motifs is 1. The Morgan fingerprint density at radius 3 is 2.36 bits per heavy atom. The number of nitrogens with zero attached hydrogens (tertiary/aromatic N) is 2. The number of benzene rings is 3. The molecule has 140 valence electrons. The SMILES string of the molecule is CC(C)c1nc2ccccc2n1-c1ccc(NC(=O)c2ccccc2F)cc1. The van der Waals surface area contributed by atoms with Gasteiger partial charge in [0.25, 0.3) is 5.91 Å². The third-order valence-corrected chi connectivity index (χ3v) is 4.60. The zero-order valence-corrected chi connectivity index (χ0v) is 15.7. The van der Waals surface area contributed by atoms with E-state index in [0.29, 0.717) is 5.69 Å². The molecule has 0 saturated heterocycles. The van der Waals surface area contributed by atoms with Gasteiger partial charge in [0.05, 0.1) is 16.6 Å². The molecule has 1 N–H and O–H groups in total. The summed E-state index contributed by atoms with van der Waals surface area (Å²) in [6.07, 6.45) is 0. The maximum absolute atomic E-state index is 13.8. The quantitative estimate of drug-likeness (QED) is 0.510. The summed E-state index contributed by atoms with van der Waals surface area (Å²) in [7, 11) is 0. The number of para-hydroxylation sites is 2. The molecule has 4 rings (SSSR count). The molecule has 0 aliphatic heterocycles. The van der Waals surface area contributed by atoms with Gasteiger partial charge in [-0.1, -0.05) is 38.1 Å². The first kappa shape index (κ1) is 17.9. The molecule has 0 spiro atoms. The van der Waals surface area contributed by atoms with Crippen LogP contribution >= 0.6 is 0 Å². The molecule has 0 saturated carbocycles. The van der Waals surface area contributed by atoms with Crippen LogP contribution in [0.4, 0.5) is 10.1 Å². The molecule has 0 unspecified atom stereocenters. The second kappa shape index (κ2) is 7.27. The topological polar surface area (TPSA) is 46.9 Å². The lowest BCUT2D eigenvalue weighted by Gasteiger charge is -2.13. The van der Waals surface area contributed by atoms with E-state index in [1.165, 1.54) is 12.1 Å². The van der Waals surface area contributed by atoms with Crippen LogP contribution in [0.2, 0.25) is 0 Å². The second-order valence-electron chi connectivity index (χ2n) is 6.93. The Labute approximate surface area is 162 Å². The number of hydrogen-bond donors (Lipinski definition) is 1. The smallest absolute Gasteiger partial charge is 0.258 e. The van der Waals surface area contributed by atoms with E-state index in [4.69, 9.17) is 4.98 Å². The minimum absolute atomic E-state index is 0.0225. The van der Waals surface area contributed by atoms with Gasteiger partial charge in [-0.2, -0.15) is 0 Å². The average molecular weight is 373 g/mol. The number of rotatable bonds is 4. The van der Waals surface area contributed by atoms with Crippen LogP contribution in [0.15, 0.2) is 72.8 Å². The summed E-state index contributed by atoms with van der Waals surface area (Å²) in [6.45, 7) is 4.22. The number of anilines is 1. The van der Waals surface area contributed by atoms with Gasteiger partial charge < -0.3 is 5.32 Å². The van der Waals surface area contributed by atoms with Gasteiger partial charge in [0.2, 0.25) is 0 Å². The Hall–Kier alpha value is -3.47. The summed E-state index contributed by atoms with van der Waals surface area (Å²) >= 11 is 0. The van der Waals surface area contributed by atoms with Crippen LogP contribution in [0.5, 0.6) is 0 Å². The van der Waals surface area contributed by atoms with Crippen molar-refractivity contribution in [3.05, 3.63) is 90.0 Å². The van der Waals surface area contributed by atoms with Gasteiger partial charge in [0.1, 0.15) is 11.6 Å². The Morgan fingerprint density at radius 2 is 1.64 bits per heavy atom. The Bertz CT molecular complexity index is 1150. The number of halogens is 1. The monoisotopic (exact) mass is 373 g/mol. The normalized spacial score (nSPS) is 11.1. The van der Waals surface area contributed by atoms with Crippen molar-refractivity contribution in [1.82, 2.24) is 9.55 Å². The highest BCUT2D eigenvalue weighted by Crippen LogP contribution is 2.26. The molecule has 1 amide bonds. The summed E-state index contributed by atoms with van der Waals surface area (Å²) in [5, 5.41) is 2.74. The lowest BCUT2D eigenvalue weighted by molar-refractivity contribution is 0.102. The van der Waals surface area contributed by atoms with E-state index < -0.39 is 11.7 Å². The highest BCUT2D eigenvalue weighted by Gasteiger charge is 2.15. The molecule has 0 aliphatic rings. The lowest BCUT2D eigenvalue weighted by atomic mass is 10.2. The van der Waals surface area contributed by atoms with Crippen molar-refractivity contribution in [3.8, 4) is 5.69 Å². The van der Waals surface area contributed by atoms with Gasteiger partial charge >= 0.3 is 0 Å². The molecule has 4 nitrogen and oxygen atoms in total. The van der Waals surface area contributed by atoms with Gasteiger partial charge in [0, 0.05) is 17.3 Å². The number of imidazole rings is 1. The number of nitrogens with one attached hydrogen (secondary N) is 1. The second-order valence-corrected chi connectivity index (χ2v) is 6.93. The van der Waals surface area contributed by atoms with E-state index >= 15 is 0 Å². The van der Waals surface area contributed by atoms with Crippen molar-refractivity contribution < 1.29 is 9.18 Å². The van der Waals surface area contributed by atoms with Crippen LogP contribution in [-0.4, -0.2) is 15.5 Å². The maximum atomic E-state index is 13.8. The van der Waals surface area contributed by atoms with Crippen LogP contribution in [0.25, 0.3) is 16.7 Å². The first-order chi connectivity index (χ1) is 13.5. The Kier molecular flexibility index (Phi) is 4.65. The molecule has 28 heavy (non-hydrogen) atoms.